The Morgan fingerprint density at radius 1 is 1.20 bits per heavy atom. The summed E-state index contributed by atoms with van der Waals surface area (Å²) >= 11 is 0. The molecule has 0 radical (unpaired) electrons. The maximum atomic E-state index is 12.2. The zero-order chi connectivity index (χ0) is 28.9. The van der Waals surface area contributed by atoms with Crippen LogP contribution in [0.15, 0.2) is 67.9 Å². The number of carbonyl (C=O) groups excluding carboxylic acids is 2. The van der Waals surface area contributed by atoms with Crippen LogP contribution in [0.5, 0.6) is 5.75 Å². The smallest absolute Gasteiger partial charge is 0.254 e. The molecule has 0 aliphatic carbocycles. The van der Waals surface area contributed by atoms with Gasteiger partial charge >= 0.3 is 0 Å². The molecule has 1 unspecified atom stereocenters. The van der Waals surface area contributed by atoms with Crippen molar-refractivity contribution in [2.45, 2.75) is 25.8 Å². The van der Waals surface area contributed by atoms with Gasteiger partial charge in [-0.05, 0) is 55.2 Å². The lowest BCUT2D eigenvalue weighted by Crippen LogP contribution is -2.39. The second kappa shape index (κ2) is 11.9. The van der Waals surface area contributed by atoms with E-state index in [1.165, 1.54) is 12.3 Å². The Kier molecular flexibility index (Phi) is 7.90. The first-order valence-corrected chi connectivity index (χ1v) is 13.1. The molecule has 4 heterocycles. The molecule has 2 amide bonds. The third kappa shape index (κ3) is 6.01. The van der Waals surface area contributed by atoms with Crippen LogP contribution in [0.1, 0.15) is 34.8 Å². The molecule has 1 saturated heterocycles. The maximum Gasteiger partial charge on any atom is 0.254 e. The molecule has 0 bridgehead atoms. The van der Waals surface area contributed by atoms with E-state index in [1.54, 1.807) is 30.6 Å². The summed E-state index contributed by atoms with van der Waals surface area (Å²) in [4.78, 5) is 39.1. The number of likely N-dealkylation sites (tertiary alicyclic amines) is 1. The van der Waals surface area contributed by atoms with Crippen LogP contribution in [0, 0.1) is 6.92 Å². The molecule has 1 aromatic carbocycles. The third-order valence-corrected chi connectivity index (χ3v) is 6.93. The van der Waals surface area contributed by atoms with Crippen molar-refractivity contribution in [1.29, 1.82) is 0 Å². The van der Waals surface area contributed by atoms with Crippen LogP contribution in [-0.2, 0) is 4.79 Å². The number of hydrogen-bond donors (Lipinski definition) is 3. The van der Waals surface area contributed by atoms with E-state index in [-0.39, 0.29) is 29.3 Å². The van der Waals surface area contributed by atoms with Crippen molar-refractivity contribution >= 4 is 35.0 Å². The van der Waals surface area contributed by atoms with Gasteiger partial charge in [0.2, 0.25) is 11.9 Å². The fraction of sp³-hybridized carbons (Fsp3) is 0.241. The van der Waals surface area contributed by atoms with E-state index >= 15 is 0 Å². The van der Waals surface area contributed by atoms with Gasteiger partial charge in [-0.25, -0.2) is 4.98 Å². The van der Waals surface area contributed by atoms with Crippen molar-refractivity contribution in [2.75, 3.05) is 30.8 Å². The van der Waals surface area contributed by atoms with E-state index in [4.69, 9.17) is 10.5 Å². The largest absolute Gasteiger partial charge is 0.495 e. The van der Waals surface area contributed by atoms with Crippen molar-refractivity contribution < 1.29 is 14.3 Å². The number of aromatic nitrogens is 5. The highest BCUT2D eigenvalue weighted by atomic mass is 16.5. The number of ether oxygens (including phenoxy) is 1. The minimum absolute atomic E-state index is 0.0451. The Morgan fingerprint density at radius 2 is 2.05 bits per heavy atom. The van der Waals surface area contributed by atoms with E-state index in [1.807, 2.05) is 42.1 Å². The fourth-order valence-electron chi connectivity index (χ4n) is 4.84. The van der Waals surface area contributed by atoms with Gasteiger partial charge in [0, 0.05) is 43.4 Å². The van der Waals surface area contributed by atoms with Crippen molar-refractivity contribution in [3.63, 3.8) is 0 Å². The number of aryl methyl sites for hydroxylation is 1. The van der Waals surface area contributed by atoms with Crippen LogP contribution < -0.4 is 21.1 Å². The molecule has 12 heteroatoms. The summed E-state index contributed by atoms with van der Waals surface area (Å²) in [6, 6.07) is 7.77. The topological polar surface area (TPSA) is 153 Å². The van der Waals surface area contributed by atoms with Crippen molar-refractivity contribution in [3.05, 3.63) is 79.0 Å². The number of carbonyl (C=O) groups is 2. The Hall–Kier alpha value is -5.26. The number of nitrogens with two attached hydrogens (primary N) is 1. The molecule has 0 saturated carbocycles. The summed E-state index contributed by atoms with van der Waals surface area (Å²) in [6.45, 7) is 6.78. The number of benzene rings is 1. The van der Waals surface area contributed by atoms with Gasteiger partial charge in [-0.2, -0.15) is 10.1 Å². The molecule has 3 aromatic heterocycles. The summed E-state index contributed by atoms with van der Waals surface area (Å²) in [7, 11) is 1.57. The highest BCUT2D eigenvalue weighted by molar-refractivity contribution is 5.98. The van der Waals surface area contributed by atoms with E-state index in [2.05, 4.69) is 37.3 Å². The Morgan fingerprint density at radius 3 is 2.78 bits per heavy atom. The van der Waals surface area contributed by atoms with Crippen LogP contribution in [0.4, 0.5) is 23.1 Å². The minimum atomic E-state index is -0.675. The van der Waals surface area contributed by atoms with Gasteiger partial charge in [-0.1, -0.05) is 12.6 Å². The van der Waals surface area contributed by atoms with Crippen molar-refractivity contribution in [1.82, 2.24) is 29.6 Å². The highest BCUT2D eigenvalue weighted by Crippen LogP contribution is 2.36. The van der Waals surface area contributed by atoms with Crippen molar-refractivity contribution in [3.8, 4) is 16.9 Å². The predicted molar refractivity (Wildman–Crippen MR) is 155 cm³/mol. The first-order valence-electron chi connectivity index (χ1n) is 13.1. The summed E-state index contributed by atoms with van der Waals surface area (Å²) in [5.74, 6) is 0.273. The normalized spacial score (nSPS) is 14.8. The van der Waals surface area contributed by atoms with Gasteiger partial charge in [0.15, 0.2) is 0 Å². The van der Waals surface area contributed by atoms with Gasteiger partial charge in [-0.15, -0.1) is 0 Å². The lowest BCUT2D eigenvalue weighted by Gasteiger charge is -2.32. The van der Waals surface area contributed by atoms with Gasteiger partial charge < -0.3 is 26.0 Å². The molecule has 1 aliphatic heterocycles. The highest BCUT2D eigenvalue weighted by Gasteiger charge is 2.24. The van der Waals surface area contributed by atoms with Crippen LogP contribution >= 0.6 is 0 Å². The van der Waals surface area contributed by atoms with E-state index < -0.39 is 5.91 Å². The molecule has 41 heavy (non-hydrogen) atoms. The van der Waals surface area contributed by atoms with Gasteiger partial charge in [0.25, 0.3) is 5.91 Å². The Balaban J connectivity index is 1.39. The molecule has 12 nitrogen and oxygen atoms in total. The number of piperidine rings is 1. The lowest BCUT2D eigenvalue weighted by atomic mass is 10.0. The number of nitrogens with one attached hydrogen (secondary N) is 2. The molecule has 4 aromatic rings. The molecular formula is C29H31N9O3. The van der Waals surface area contributed by atoms with Crippen LogP contribution in [-0.4, -0.2) is 61.6 Å². The second-order valence-corrected chi connectivity index (χ2v) is 9.68. The van der Waals surface area contributed by atoms with E-state index in [9.17, 15) is 9.59 Å². The number of rotatable bonds is 9. The average molecular weight is 554 g/mol. The Bertz CT molecular complexity index is 1590. The number of amides is 2. The number of primary amides is 1. The molecule has 4 N–H and O–H groups in total. The van der Waals surface area contributed by atoms with Crippen LogP contribution in [0.25, 0.3) is 11.1 Å². The molecule has 1 aliphatic rings. The summed E-state index contributed by atoms with van der Waals surface area (Å²) < 4.78 is 7.51. The van der Waals surface area contributed by atoms with Crippen LogP contribution in [0.2, 0.25) is 0 Å². The van der Waals surface area contributed by atoms with Gasteiger partial charge in [-0.3, -0.25) is 19.3 Å². The molecular weight excluding hydrogens is 522 g/mol. The van der Waals surface area contributed by atoms with Gasteiger partial charge in [0.05, 0.1) is 30.7 Å². The van der Waals surface area contributed by atoms with Crippen LogP contribution in [0.3, 0.4) is 0 Å². The summed E-state index contributed by atoms with van der Waals surface area (Å²) in [5.41, 5.74) is 9.80. The molecule has 5 rings (SSSR count). The fourth-order valence-corrected chi connectivity index (χ4v) is 4.84. The van der Waals surface area contributed by atoms with E-state index in [0.717, 1.165) is 29.5 Å². The molecule has 1 atom stereocenters. The minimum Gasteiger partial charge on any atom is -0.495 e. The molecule has 210 valence electrons. The zero-order valence-electron chi connectivity index (χ0n) is 22.9. The number of methoxy groups -OCH3 is 1. The third-order valence-electron chi connectivity index (χ3n) is 6.93. The lowest BCUT2D eigenvalue weighted by molar-refractivity contribution is -0.127. The molecule has 0 spiro atoms. The Labute approximate surface area is 237 Å². The standard InChI is InChI=1S/C29H31N9O3/c1-4-25(39)37-10-6-8-22(17-37)38-16-21(14-33-38)34-29-32-15-23(27(30)40)28(36-29)35-26-18(2)11-20(12-24(26)41-3)19-7-5-9-31-13-19/h4-5,7,9,11-16,22H,1,6,8,10,17H2,2-3H3,(H2,30,40)(H2,32,34,35,36). The average Bonchev–Trinajstić information content (AvgIpc) is 3.46. The summed E-state index contributed by atoms with van der Waals surface area (Å²) in [5, 5.41) is 10.9. The zero-order valence-corrected chi connectivity index (χ0v) is 22.9. The second-order valence-electron chi connectivity index (χ2n) is 9.68. The first-order chi connectivity index (χ1) is 19.9. The summed E-state index contributed by atoms with van der Waals surface area (Å²) in [6.07, 6.45) is 11.5. The predicted octanol–water partition coefficient (Wildman–Crippen LogP) is 3.99. The SMILES string of the molecule is C=CC(=O)N1CCCC(n2cc(Nc3ncc(C(N)=O)c(Nc4c(C)cc(-c5cccnc5)cc4OC)n3)cn2)C1. The van der Waals surface area contributed by atoms with Crippen molar-refractivity contribution in [2.24, 2.45) is 5.73 Å². The quantitative estimate of drug-likeness (QED) is 0.261. The number of hydrogen-bond acceptors (Lipinski definition) is 9. The number of anilines is 4. The number of pyridine rings is 1. The van der Waals surface area contributed by atoms with E-state index in [0.29, 0.717) is 30.2 Å². The number of nitrogens with zero attached hydrogens (tertiary/aromatic N) is 6. The first kappa shape index (κ1) is 27.3. The monoisotopic (exact) mass is 553 g/mol. The molecule has 1 fully saturated rings. The van der Waals surface area contributed by atoms with Gasteiger partial charge in [0.1, 0.15) is 17.1 Å². The maximum absolute atomic E-state index is 12.2.